The Kier molecular flexibility index (Phi) is 3.06. The van der Waals surface area contributed by atoms with Gasteiger partial charge in [0.15, 0.2) is 0 Å². The van der Waals surface area contributed by atoms with Crippen LogP contribution in [0, 0.1) is 0 Å². The van der Waals surface area contributed by atoms with E-state index in [0.29, 0.717) is 16.6 Å². The van der Waals surface area contributed by atoms with Crippen LogP contribution >= 0.6 is 11.6 Å². The Hall–Kier alpha value is -1.22. The summed E-state index contributed by atoms with van der Waals surface area (Å²) in [6.45, 7) is 0. The van der Waals surface area contributed by atoms with E-state index in [-0.39, 0.29) is 5.91 Å². The molecule has 0 atom stereocenters. The van der Waals surface area contributed by atoms with Crippen LogP contribution in [0.15, 0.2) is 18.2 Å². The number of hydrogen-bond acceptors (Lipinski definition) is 2. The molecule has 0 spiro atoms. The number of halogens is 1. The first-order valence-electron chi connectivity index (χ1n) is 5.35. The van der Waals surface area contributed by atoms with Crippen LogP contribution < -0.4 is 5.32 Å². The van der Waals surface area contributed by atoms with Gasteiger partial charge in [-0.3, -0.25) is 4.79 Å². The molecule has 1 aromatic carbocycles. The monoisotopic (exact) mass is 238 g/mol. The molecule has 1 aliphatic carbocycles. The molecule has 0 aromatic heterocycles. The Labute approximate surface area is 100 Å². The van der Waals surface area contributed by atoms with Crippen molar-refractivity contribution in [1.29, 1.82) is 0 Å². The molecular weight excluding hydrogens is 224 g/mol. The molecule has 1 N–H and O–H groups in total. The van der Waals surface area contributed by atoms with Gasteiger partial charge in [0.25, 0.3) is 5.91 Å². The molecule has 1 aliphatic rings. The lowest BCUT2D eigenvalue weighted by molar-refractivity contribution is 0.0827. The second-order valence-electron chi connectivity index (χ2n) is 4.31. The average molecular weight is 239 g/mol. The normalized spacial score (nSPS) is 14.7. The summed E-state index contributed by atoms with van der Waals surface area (Å²) >= 11 is 6.06. The van der Waals surface area contributed by atoms with Gasteiger partial charge in [-0.2, -0.15) is 0 Å². The van der Waals surface area contributed by atoms with Crippen LogP contribution in [0.4, 0.5) is 5.69 Å². The minimum absolute atomic E-state index is 0.00415. The van der Waals surface area contributed by atoms with E-state index < -0.39 is 0 Å². The Bertz CT molecular complexity index is 413. The number of amides is 1. The molecule has 3 nitrogen and oxygen atoms in total. The van der Waals surface area contributed by atoms with Crippen LogP contribution in [-0.2, 0) is 0 Å². The van der Waals surface area contributed by atoms with Crippen LogP contribution in [0.25, 0.3) is 0 Å². The van der Waals surface area contributed by atoms with Gasteiger partial charge in [0.05, 0.1) is 10.7 Å². The van der Waals surface area contributed by atoms with Crippen molar-refractivity contribution < 1.29 is 4.79 Å². The van der Waals surface area contributed by atoms with E-state index in [1.807, 2.05) is 6.07 Å². The minimum atomic E-state index is -0.00415. The van der Waals surface area contributed by atoms with Gasteiger partial charge < -0.3 is 10.2 Å². The lowest BCUT2D eigenvalue weighted by Crippen LogP contribution is -2.21. The molecule has 1 aromatic rings. The minimum Gasteiger partial charge on any atom is -0.381 e. The summed E-state index contributed by atoms with van der Waals surface area (Å²) in [6, 6.07) is 5.87. The highest BCUT2D eigenvalue weighted by atomic mass is 35.5. The van der Waals surface area contributed by atoms with E-state index in [4.69, 9.17) is 11.6 Å². The predicted octanol–water partition coefficient (Wildman–Crippen LogP) is 2.62. The molecular formula is C12H15ClN2O. The molecule has 0 bridgehead atoms. The van der Waals surface area contributed by atoms with Crippen molar-refractivity contribution in [3.63, 3.8) is 0 Å². The number of benzene rings is 1. The molecule has 86 valence electrons. The molecule has 4 heteroatoms. The molecule has 1 fully saturated rings. The first-order chi connectivity index (χ1) is 7.58. The zero-order valence-corrected chi connectivity index (χ0v) is 10.2. The van der Waals surface area contributed by atoms with Crippen LogP contribution in [-0.4, -0.2) is 30.9 Å². The summed E-state index contributed by atoms with van der Waals surface area (Å²) < 4.78 is 0. The van der Waals surface area contributed by atoms with Crippen molar-refractivity contribution >= 4 is 23.2 Å². The predicted molar refractivity (Wildman–Crippen MR) is 66.1 cm³/mol. The zero-order chi connectivity index (χ0) is 11.7. The van der Waals surface area contributed by atoms with Crippen molar-refractivity contribution in [3.8, 4) is 0 Å². The summed E-state index contributed by atoms with van der Waals surface area (Å²) in [5.74, 6) is -0.00415. The molecule has 0 radical (unpaired) electrons. The maximum atomic E-state index is 11.8. The smallest absolute Gasteiger partial charge is 0.253 e. The van der Waals surface area contributed by atoms with Crippen molar-refractivity contribution in [3.05, 3.63) is 28.8 Å². The zero-order valence-electron chi connectivity index (χ0n) is 9.46. The highest BCUT2D eigenvalue weighted by molar-refractivity contribution is 6.33. The van der Waals surface area contributed by atoms with Crippen molar-refractivity contribution in [2.45, 2.75) is 18.9 Å². The SMILES string of the molecule is CN(C)C(=O)c1ccc(Cl)c(NC2CC2)c1. The van der Waals surface area contributed by atoms with Gasteiger partial charge in [0.2, 0.25) is 0 Å². The molecule has 0 aliphatic heterocycles. The Balaban J connectivity index is 2.23. The third-order valence-corrected chi connectivity index (χ3v) is 2.89. The van der Waals surface area contributed by atoms with Gasteiger partial charge in [-0.15, -0.1) is 0 Å². The number of carbonyl (C=O) groups excluding carboxylic acids is 1. The van der Waals surface area contributed by atoms with Crippen molar-refractivity contribution in [1.82, 2.24) is 4.90 Å². The molecule has 2 rings (SSSR count). The average Bonchev–Trinajstić information content (AvgIpc) is 3.04. The van der Waals surface area contributed by atoms with Gasteiger partial charge in [0, 0.05) is 25.7 Å². The highest BCUT2D eigenvalue weighted by Crippen LogP contribution is 2.30. The fourth-order valence-corrected chi connectivity index (χ4v) is 1.65. The largest absolute Gasteiger partial charge is 0.381 e. The first kappa shape index (κ1) is 11.3. The van der Waals surface area contributed by atoms with Gasteiger partial charge in [-0.1, -0.05) is 11.6 Å². The van der Waals surface area contributed by atoms with E-state index in [0.717, 1.165) is 5.69 Å². The van der Waals surface area contributed by atoms with E-state index in [1.165, 1.54) is 12.8 Å². The number of anilines is 1. The van der Waals surface area contributed by atoms with Gasteiger partial charge >= 0.3 is 0 Å². The summed E-state index contributed by atoms with van der Waals surface area (Å²) in [5.41, 5.74) is 1.52. The third kappa shape index (κ3) is 2.47. The maximum Gasteiger partial charge on any atom is 0.253 e. The van der Waals surface area contributed by atoms with Crippen molar-refractivity contribution in [2.75, 3.05) is 19.4 Å². The van der Waals surface area contributed by atoms with Crippen LogP contribution in [0.1, 0.15) is 23.2 Å². The third-order valence-electron chi connectivity index (χ3n) is 2.56. The van der Waals surface area contributed by atoms with Gasteiger partial charge in [-0.25, -0.2) is 0 Å². The summed E-state index contributed by atoms with van der Waals surface area (Å²) in [6.07, 6.45) is 2.37. The van der Waals surface area contributed by atoms with Crippen LogP contribution in [0.2, 0.25) is 5.02 Å². The molecule has 0 heterocycles. The maximum absolute atomic E-state index is 11.8. The van der Waals surface area contributed by atoms with Crippen LogP contribution in [0.5, 0.6) is 0 Å². The van der Waals surface area contributed by atoms with E-state index in [1.54, 1.807) is 31.1 Å². The second-order valence-corrected chi connectivity index (χ2v) is 4.72. The van der Waals surface area contributed by atoms with Crippen molar-refractivity contribution in [2.24, 2.45) is 0 Å². The summed E-state index contributed by atoms with van der Waals surface area (Å²) in [5, 5.41) is 3.98. The second kappa shape index (κ2) is 4.34. The van der Waals surface area contributed by atoms with Gasteiger partial charge in [-0.05, 0) is 31.0 Å². The highest BCUT2D eigenvalue weighted by Gasteiger charge is 2.22. The van der Waals surface area contributed by atoms with E-state index in [9.17, 15) is 4.79 Å². The number of nitrogens with zero attached hydrogens (tertiary/aromatic N) is 1. The summed E-state index contributed by atoms with van der Waals surface area (Å²) in [4.78, 5) is 13.3. The van der Waals surface area contributed by atoms with Crippen LogP contribution in [0.3, 0.4) is 0 Å². The van der Waals surface area contributed by atoms with Gasteiger partial charge in [0.1, 0.15) is 0 Å². The molecule has 0 unspecified atom stereocenters. The Morgan fingerprint density at radius 1 is 1.44 bits per heavy atom. The van der Waals surface area contributed by atoms with E-state index >= 15 is 0 Å². The first-order valence-corrected chi connectivity index (χ1v) is 5.73. The fraction of sp³-hybridized carbons (Fsp3) is 0.417. The standard InChI is InChI=1S/C12H15ClN2O/c1-15(2)12(16)8-3-6-10(13)11(7-8)14-9-4-5-9/h3,6-7,9,14H,4-5H2,1-2H3. The molecule has 0 saturated heterocycles. The topological polar surface area (TPSA) is 32.3 Å². The molecule has 1 amide bonds. The Morgan fingerprint density at radius 3 is 2.69 bits per heavy atom. The van der Waals surface area contributed by atoms with E-state index in [2.05, 4.69) is 5.32 Å². The quantitative estimate of drug-likeness (QED) is 0.878. The number of rotatable bonds is 3. The lowest BCUT2D eigenvalue weighted by Gasteiger charge is -2.13. The Morgan fingerprint density at radius 2 is 2.12 bits per heavy atom. The fourth-order valence-electron chi connectivity index (χ4n) is 1.47. The molecule has 1 saturated carbocycles. The summed E-state index contributed by atoms with van der Waals surface area (Å²) in [7, 11) is 3.48. The lowest BCUT2D eigenvalue weighted by atomic mass is 10.2. The number of hydrogen-bond donors (Lipinski definition) is 1. The number of nitrogens with one attached hydrogen (secondary N) is 1. The number of carbonyl (C=O) groups is 1. The molecule has 16 heavy (non-hydrogen) atoms.